The number of benzene rings is 1. The maximum atomic E-state index is 12.0. The van der Waals surface area contributed by atoms with Gasteiger partial charge < -0.3 is 9.73 Å². The lowest BCUT2D eigenvalue weighted by atomic mass is 10.3. The van der Waals surface area contributed by atoms with E-state index in [4.69, 9.17) is 4.42 Å². The molecule has 3 aromatic rings. The van der Waals surface area contributed by atoms with Crippen molar-refractivity contribution < 1.29 is 9.21 Å². The number of rotatable bonds is 8. The van der Waals surface area contributed by atoms with E-state index in [1.807, 2.05) is 47.0 Å². The van der Waals surface area contributed by atoms with Gasteiger partial charge in [-0.3, -0.25) is 9.36 Å². The second-order valence-electron chi connectivity index (χ2n) is 5.45. The minimum absolute atomic E-state index is 0.000565. The van der Waals surface area contributed by atoms with Gasteiger partial charge >= 0.3 is 0 Å². The number of hydrogen-bond acceptors (Lipinski definition) is 5. The van der Waals surface area contributed by atoms with Crippen LogP contribution in [0.3, 0.4) is 0 Å². The van der Waals surface area contributed by atoms with Crippen molar-refractivity contribution in [3.8, 4) is 17.3 Å². The van der Waals surface area contributed by atoms with Crippen LogP contribution in [0.15, 0.2) is 58.3 Å². The van der Waals surface area contributed by atoms with Crippen molar-refractivity contribution in [3.05, 3.63) is 48.7 Å². The molecule has 130 valence electrons. The van der Waals surface area contributed by atoms with Gasteiger partial charge in [0.1, 0.15) is 0 Å². The van der Waals surface area contributed by atoms with Crippen molar-refractivity contribution >= 4 is 17.7 Å². The summed E-state index contributed by atoms with van der Waals surface area (Å²) in [5, 5.41) is 12.1. The topological polar surface area (TPSA) is 73.0 Å². The van der Waals surface area contributed by atoms with E-state index in [9.17, 15) is 4.79 Å². The molecule has 25 heavy (non-hydrogen) atoms. The zero-order valence-electron chi connectivity index (χ0n) is 14.0. The van der Waals surface area contributed by atoms with Gasteiger partial charge in [0.2, 0.25) is 11.7 Å². The number of hydrogen-bond donors (Lipinski definition) is 1. The molecule has 2 aromatic heterocycles. The van der Waals surface area contributed by atoms with Gasteiger partial charge in [-0.15, -0.1) is 10.2 Å². The maximum absolute atomic E-state index is 12.0. The van der Waals surface area contributed by atoms with Gasteiger partial charge in [0, 0.05) is 12.2 Å². The zero-order valence-corrected chi connectivity index (χ0v) is 14.8. The van der Waals surface area contributed by atoms with Crippen molar-refractivity contribution in [2.24, 2.45) is 0 Å². The Hall–Kier alpha value is -2.54. The number of amides is 1. The smallest absolute Gasteiger partial charge is 0.230 e. The summed E-state index contributed by atoms with van der Waals surface area (Å²) in [5.74, 6) is 1.55. The monoisotopic (exact) mass is 356 g/mol. The quantitative estimate of drug-likeness (QED) is 0.494. The Morgan fingerprint density at radius 3 is 2.76 bits per heavy atom. The highest BCUT2D eigenvalue weighted by atomic mass is 32.2. The van der Waals surface area contributed by atoms with E-state index in [0.29, 0.717) is 29.0 Å². The predicted molar refractivity (Wildman–Crippen MR) is 97.7 cm³/mol. The Kier molecular flexibility index (Phi) is 5.90. The Morgan fingerprint density at radius 2 is 2.04 bits per heavy atom. The summed E-state index contributed by atoms with van der Waals surface area (Å²) in [7, 11) is 0. The molecule has 0 aliphatic heterocycles. The molecule has 7 heteroatoms. The molecule has 2 heterocycles. The van der Waals surface area contributed by atoms with E-state index in [1.165, 1.54) is 11.8 Å². The summed E-state index contributed by atoms with van der Waals surface area (Å²) in [6.07, 6.45) is 3.65. The van der Waals surface area contributed by atoms with Crippen LogP contribution in [0.2, 0.25) is 0 Å². The molecule has 0 spiro atoms. The molecule has 0 atom stereocenters. The lowest BCUT2D eigenvalue weighted by Crippen LogP contribution is -2.26. The SMILES string of the molecule is CCCCNC(=O)CSc1nnc(-c2ccco2)n1-c1ccccc1. The highest BCUT2D eigenvalue weighted by Gasteiger charge is 2.18. The first-order valence-electron chi connectivity index (χ1n) is 8.24. The third-order valence-electron chi connectivity index (χ3n) is 3.57. The molecule has 0 bridgehead atoms. The average Bonchev–Trinajstić information content (AvgIpc) is 3.30. The largest absolute Gasteiger partial charge is 0.461 e. The molecule has 1 aromatic carbocycles. The lowest BCUT2D eigenvalue weighted by Gasteiger charge is -2.09. The zero-order chi connectivity index (χ0) is 17.5. The summed E-state index contributed by atoms with van der Waals surface area (Å²) in [4.78, 5) is 12.0. The highest BCUT2D eigenvalue weighted by molar-refractivity contribution is 7.99. The summed E-state index contributed by atoms with van der Waals surface area (Å²) in [6, 6.07) is 13.5. The molecule has 1 N–H and O–H groups in total. The summed E-state index contributed by atoms with van der Waals surface area (Å²) in [5.41, 5.74) is 0.924. The van der Waals surface area contributed by atoms with E-state index in [2.05, 4.69) is 22.4 Å². The third kappa shape index (κ3) is 4.30. The standard InChI is InChI=1S/C18H20N4O2S/c1-2-3-11-19-16(23)13-25-18-21-20-17(15-10-7-12-24-15)22(18)14-8-5-4-6-9-14/h4-10,12H,2-3,11,13H2,1H3,(H,19,23). The fourth-order valence-electron chi connectivity index (χ4n) is 2.32. The van der Waals surface area contributed by atoms with Crippen LogP contribution in [0.5, 0.6) is 0 Å². The molecule has 0 saturated heterocycles. The summed E-state index contributed by atoms with van der Waals surface area (Å²) in [6.45, 7) is 2.80. The van der Waals surface area contributed by atoms with E-state index in [-0.39, 0.29) is 5.91 Å². The maximum Gasteiger partial charge on any atom is 0.230 e. The molecular weight excluding hydrogens is 336 g/mol. The van der Waals surface area contributed by atoms with Gasteiger partial charge in [-0.2, -0.15) is 0 Å². The number of nitrogens with one attached hydrogen (secondary N) is 1. The molecule has 0 radical (unpaired) electrons. The summed E-state index contributed by atoms with van der Waals surface area (Å²) >= 11 is 1.36. The molecule has 1 amide bonds. The number of para-hydroxylation sites is 1. The number of unbranched alkanes of at least 4 members (excludes halogenated alkanes) is 1. The number of nitrogens with zero attached hydrogens (tertiary/aromatic N) is 3. The van der Waals surface area contributed by atoms with Crippen LogP contribution < -0.4 is 5.32 Å². The fourth-order valence-corrected chi connectivity index (χ4v) is 3.11. The van der Waals surface area contributed by atoms with Gasteiger partial charge in [-0.1, -0.05) is 43.3 Å². The van der Waals surface area contributed by atoms with Crippen LogP contribution in [0.4, 0.5) is 0 Å². The molecule has 6 nitrogen and oxygen atoms in total. The number of furan rings is 1. The van der Waals surface area contributed by atoms with E-state index >= 15 is 0 Å². The summed E-state index contributed by atoms with van der Waals surface area (Å²) < 4.78 is 7.38. The Balaban J connectivity index is 1.81. The van der Waals surface area contributed by atoms with E-state index in [1.54, 1.807) is 6.26 Å². The van der Waals surface area contributed by atoms with Crippen molar-refractivity contribution in [2.75, 3.05) is 12.3 Å². The van der Waals surface area contributed by atoms with E-state index in [0.717, 1.165) is 18.5 Å². The average molecular weight is 356 g/mol. The van der Waals surface area contributed by atoms with Crippen LogP contribution in [0, 0.1) is 0 Å². The van der Waals surface area contributed by atoms with Crippen LogP contribution in [0.25, 0.3) is 17.3 Å². The van der Waals surface area contributed by atoms with Crippen LogP contribution in [0.1, 0.15) is 19.8 Å². The fraction of sp³-hybridized carbons (Fsp3) is 0.278. The van der Waals surface area contributed by atoms with Gasteiger partial charge in [0.25, 0.3) is 0 Å². The normalized spacial score (nSPS) is 10.8. The Bertz CT molecular complexity index is 800. The van der Waals surface area contributed by atoms with Gasteiger partial charge in [0.05, 0.1) is 12.0 Å². The van der Waals surface area contributed by atoms with Crippen LogP contribution in [-0.2, 0) is 4.79 Å². The lowest BCUT2D eigenvalue weighted by molar-refractivity contribution is -0.118. The van der Waals surface area contributed by atoms with E-state index < -0.39 is 0 Å². The number of carbonyl (C=O) groups is 1. The molecular formula is C18H20N4O2S. The second-order valence-corrected chi connectivity index (χ2v) is 6.39. The Morgan fingerprint density at radius 1 is 1.20 bits per heavy atom. The number of carbonyl (C=O) groups excluding carboxylic acids is 1. The minimum atomic E-state index is 0.000565. The second kappa shape index (κ2) is 8.53. The molecule has 0 fully saturated rings. The molecule has 3 rings (SSSR count). The number of thioether (sulfide) groups is 1. The number of aromatic nitrogens is 3. The van der Waals surface area contributed by atoms with Gasteiger partial charge in [-0.25, -0.2) is 0 Å². The molecule has 0 saturated carbocycles. The molecule has 0 unspecified atom stereocenters. The first kappa shape index (κ1) is 17.3. The minimum Gasteiger partial charge on any atom is -0.461 e. The first-order chi connectivity index (χ1) is 12.3. The van der Waals surface area contributed by atoms with Crippen molar-refractivity contribution in [2.45, 2.75) is 24.9 Å². The third-order valence-corrected chi connectivity index (χ3v) is 4.50. The first-order valence-corrected chi connectivity index (χ1v) is 9.22. The van der Waals surface area contributed by atoms with Crippen LogP contribution in [-0.4, -0.2) is 33.0 Å². The molecule has 0 aliphatic carbocycles. The molecule has 0 aliphatic rings. The van der Waals surface area contributed by atoms with Crippen molar-refractivity contribution in [1.82, 2.24) is 20.1 Å². The van der Waals surface area contributed by atoms with Gasteiger partial charge in [0.15, 0.2) is 10.9 Å². The van der Waals surface area contributed by atoms with Crippen LogP contribution >= 0.6 is 11.8 Å². The van der Waals surface area contributed by atoms with Gasteiger partial charge in [-0.05, 0) is 30.7 Å². The highest BCUT2D eigenvalue weighted by Crippen LogP contribution is 2.27. The Labute approximate surface area is 150 Å². The van der Waals surface area contributed by atoms with Crippen molar-refractivity contribution in [1.29, 1.82) is 0 Å². The van der Waals surface area contributed by atoms with Crippen molar-refractivity contribution in [3.63, 3.8) is 0 Å². The predicted octanol–water partition coefficient (Wildman–Crippen LogP) is 3.54.